The zero-order valence-corrected chi connectivity index (χ0v) is 10.7. The predicted octanol–water partition coefficient (Wildman–Crippen LogP) is 3.34. The number of hydrogen-bond acceptors (Lipinski definition) is 2. The monoisotopic (exact) mass is 229 g/mol. The summed E-state index contributed by atoms with van der Waals surface area (Å²) in [7, 11) is 0. The summed E-state index contributed by atoms with van der Waals surface area (Å²) >= 11 is 0. The molecule has 0 saturated carbocycles. The largest absolute Gasteiger partial charge is 0.508 e. The molecule has 3 rings (SSSR count). The lowest BCUT2D eigenvalue weighted by Crippen LogP contribution is -2.47. The Morgan fingerprint density at radius 2 is 2.06 bits per heavy atom. The number of nitrogens with zero attached hydrogens (tertiary/aromatic N) is 1. The summed E-state index contributed by atoms with van der Waals surface area (Å²) in [5.74, 6) is 0.457. The summed E-state index contributed by atoms with van der Waals surface area (Å²) in [4.78, 5) is 2.44. The third-order valence-corrected chi connectivity index (χ3v) is 4.03. The summed E-state index contributed by atoms with van der Waals surface area (Å²) in [6.07, 6.45) is 4.46. The maximum Gasteiger partial charge on any atom is 0.120 e. The van der Waals surface area contributed by atoms with Crippen LogP contribution >= 0.6 is 0 Å². The minimum Gasteiger partial charge on any atom is -0.508 e. The molecular formula is C15H19NO. The van der Waals surface area contributed by atoms with Gasteiger partial charge in [0.15, 0.2) is 0 Å². The fraction of sp³-hybridized carbons (Fsp3) is 0.467. The lowest BCUT2D eigenvalue weighted by atomic mass is 9.83. The van der Waals surface area contributed by atoms with Gasteiger partial charge in [-0.05, 0) is 51.3 Å². The van der Waals surface area contributed by atoms with E-state index >= 15 is 0 Å². The normalized spacial score (nSPS) is 20.9. The lowest BCUT2D eigenvalue weighted by Gasteiger charge is -2.46. The number of rotatable bonds is 0. The van der Waals surface area contributed by atoms with Gasteiger partial charge in [-0.3, -0.25) is 0 Å². The summed E-state index contributed by atoms with van der Waals surface area (Å²) < 4.78 is 0. The van der Waals surface area contributed by atoms with Gasteiger partial charge in [-0.25, -0.2) is 0 Å². The molecule has 1 N–H and O–H groups in total. The van der Waals surface area contributed by atoms with Crippen LogP contribution in [0.3, 0.4) is 0 Å². The van der Waals surface area contributed by atoms with Crippen molar-refractivity contribution in [2.24, 2.45) is 0 Å². The van der Waals surface area contributed by atoms with Crippen molar-refractivity contribution >= 4 is 11.3 Å². The number of aromatic hydroxyl groups is 1. The SMILES string of the molecule is CC1=CC(C)(C)N2CCCc3c(O)ccc1c32. The lowest BCUT2D eigenvalue weighted by molar-refractivity contribution is 0.457. The smallest absolute Gasteiger partial charge is 0.120 e. The van der Waals surface area contributed by atoms with E-state index in [4.69, 9.17) is 0 Å². The van der Waals surface area contributed by atoms with Crippen molar-refractivity contribution in [3.05, 3.63) is 29.3 Å². The summed E-state index contributed by atoms with van der Waals surface area (Å²) in [6, 6.07) is 3.89. The molecule has 0 radical (unpaired) electrons. The third-order valence-electron chi connectivity index (χ3n) is 4.03. The minimum atomic E-state index is 0.0556. The van der Waals surface area contributed by atoms with Crippen LogP contribution in [0.2, 0.25) is 0 Å². The van der Waals surface area contributed by atoms with E-state index in [2.05, 4.69) is 31.7 Å². The Labute approximate surface area is 103 Å². The number of benzene rings is 1. The molecule has 0 fully saturated rings. The van der Waals surface area contributed by atoms with Gasteiger partial charge in [0.05, 0.1) is 11.2 Å². The molecule has 17 heavy (non-hydrogen) atoms. The average Bonchev–Trinajstić information content (AvgIpc) is 2.27. The quantitative estimate of drug-likeness (QED) is 0.737. The van der Waals surface area contributed by atoms with Crippen LogP contribution in [0.5, 0.6) is 5.75 Å². The van der Waals surface area contributed by atoms with Crippen molar-refractivity contribution < 1.29 is 5.11 Å². The second-order valence-corrected chi connectivity index (χ2v) is 5.70. The van der Waals surface area contributed by atoms with Gasteiger partial charge in [-0.2, -0.15) is 0 Å². The molecule has 1 aromatic rings. The molecule has 1 aromatic carbocycles. The van der Waals surface area contributed by atoms with Crippen molar-refractivity contribution in [1.82, 2.24) is 0 Å². The van der Waals surface area contributed by atoms with Crippen molar-refractivity contribution in [2.45, 2.75) is 39.2 Å². The molecule has 2 aliphatic heterocycles. The molecule has 90 valence electrons. The van der Waals surface area contributed by atoms with Crippen LogP contribution in [-0.4, -0.2) is 17.2 Å². The van der Waals surface area contributed by atoms with Gasteiger partial charge in [0.25, 0.3) is 0 Å². The molecule has 0 atom stereocenters. The predicted molar refractivity (Wildman–Crippen MR) is 71.5 cm³/mol. The van der Waals surface area contributed by atoms with Crippen LogP contribution in [0, 0.1) is 0 Å². The number of phenolic OH excluding ortho intramolecular Hbond substituents is 1. The summed E-state index contributed by atoms with van der Waals surface area (Å²) in [6.45, 7) is 7.75. The molecule has 2 heteroatoms. The van der Waals surface area contributed by atoms with Crippen molar-refractivity contribution in [3.63, 3.8) is 0 Å². The van der Waals surface area contributed by atoms with E-state index in [-0.39, 0.29) is 5.54 Å². The van der Waals surface area contributed by atoms with E-state index in [0.717, 1.165) is 24.9 Å². The molecule has 0 saturated heterocycles. The van der Waals surface area contributed by atoms with Gasteiger partial charge in [0.2, 0.25) is 0 Å². The van der Waals surface area contributed by atoms with Gasteiger partial charge in [-0.1, -0.05) is 6.08 Å². The fourth-order valence-corrected chi connectivity index (χ4v) is 3.29. The first-order valence-electron chi connectivity index (χ1n) is 6.33. The molecule has 2 heterocycles. The van der Waals surface area contributed by atoms with Gasteiger partial charge in [0, 0.05) is 17.7 Å². The Hall–Kier alpha value is -1.44. The van der Waals surface area contributed by atoms with Crippen molar-refractivity contribution in [1.29, 1.82) is 0 Å². The summed E-state index contributed by atoms with van der Waals surface area (Å²) in [5, 5.41) is 10.0. The number of allylic oxidation sites excluding steroid dienone is 1. The van der Waals surface area contributed by atoms with E-state index in [1.807, 2.05) is 12.1 Å². The zero-order chi connectivity index (χ0) is 12.2. The standard InChI is InChI=1S/C15H19NO/c1-10-9-15(2,3)16-8-4-5-12-13(17)7-6-11(10)14(12)16/h6-7,9,17H,4-5,8H2,1-3H3. The van der Waals surface area contributed by atoms with Crippen LogP contribution in [0.15, 0.2) is 18.2 Å². The molecule has 0 aliphatic carbocycles. The first-order chi connectivity index (χ1) is 8.00. The van der Waals surface area contributed by atoms with E-state index in [9.17, 15) is 5.11 Å². The van der Waals surface area contributed by atoms with Gasteiger partial charge < -0.3 is 10.0 Å². The van der Waals surface area contributed by atoms with Crippen LogP contribution in [-0.2, 0) is 6.42 Å². The molecule has 0 bridgehead atoms. The van der Waals surface area contributed by atoms with Gasteiger partial charge in [0.1, 0.15) is 5.75 Å². The Bertz CT molecular complexity index is 514. The third kappa shape index (κ3) is 1.40. The fourth-order valence-electron chi connectivity index (χ4n) is 3.29. The highest BCUT2D eigenvalue weighted by atomic mass is 16.3. The summed E-state index contributed by atoms with van der Waals surface area (Å²) in [5.41, 5.74) is 5.07. The van der Waals surface area contributed by atoms with Crippen LogP contribution < -0.4 is 4.90 Å². The first kappa shape index (κ1) is 10.7. The van der Waals surface area contributed by atoms with Crippen LogP contribution in [0.25, 0.3) is 5.57 Å². The average molecular weight is 229 g/mol. The second kappa shape index (κ2) is 3.28. The second-order valence-electron chi connectivity index (χ2n) is 5.70. The molecule has 2 aliphatic rings. The van der Waals surface area contributed by atoms with E-state index in [1.54, 1.807) is 0 Å². The molecule has 0 spiro atoms. The Morgan fingerprint density at radius 1 is 1.29 bits per heavy atom. The van der Waals surface area contributed by atoms with E-state index in [1.165, 1.54) is 16.8 Å². The highest BCUT2D eigenvalue weighted by molar-refractivity contribution is 5.85. The van der Waals surface area contributed by atoms with E-state index in [0.29, 0.717) is 5.75 Å². The topological polar surface area (TPSA) is 23.5 Å². The highest BCUT2D eigenvalue weighted by Crippen LogP contribution is 2.46. The number of phenols is 1. The van der Waals surface area contributed by atoms with Gasteiger partial charge in [-0.15, -0.1) is 0 Å². The molecule has 0 unspecified atom stereocenters. The van der Waals surface area contributed by atoms with Gasteiger partial charge >= 0.3 is 0 Å². The zero-order valence-electron chi connectivity index (χ0n) is 10.7. The first-order valence-corrected chi connectivity index (χ1v) is 6.33. The Morgan fingerprint density at radius 3 is 2.82 bits per heavy atom. The van der Waals surface area contributed by atoms with Crippen LogP contribution in [0.1, 0.15) is 38.3 Å². The number of anilines is 1. The van der Waals surface area contributed by atoms with E-state index < -0.39 is 0 Å². The Kier molecular flexibility index (Phi) is 2.07. The van der Waals surface area contributed by atoms with Crippen molar-refractivity contribution in [2.75, 3.05) is 11.4 Å². The highest BCUT2D eigenvalue weighted by Gasteiger charge is 2.35. The maximum atomic E-state index is 10.0. The molecular weight excluding hydrogens is 210 g/mol. The van der Waals surface area contributed by atoms with Crippen molar-refractivity contribution in [3.8, 4) is 5.75 Å². The maximum absolute atomic E-state index is 10.0. The Balaban J connectivity index is 2.32. The number of hydrogen-bond donors (Lipinski definition) is 1. The molecule has 2 nitrogen and oxygen atoms in total. The molecule has 0 amide bonds. The molecule has 0 aromatic heterocycles. The van der Waals surface area contributed by atoms with Crippen LogP contribution in [0.4, 0.5) is 5.69 Å². The minimum absolute atomic E-state index is 0.0556.